The maximum absolute atomic E-state index is 12.2. The molecule has 2 saturated heterocycles. The van der Waals surface area contributed by atoms with Crippen LogP contribution in [0.2, 0.25) is 0 Å². The molecule has 0 bridgehead atoms. The number of aliphatic hydroxyl groups is 1. The van der Waals surface area contributed by atoms with Gasteiger partial charge < -0.3 is 20.6 Å². The molecule has 5 rings (SSSR count). The van der Waals surface area contributed by atoms with E-state index >= 15 is 0 Å². The van der Waals surface area contributed by atoms with Crippen LogP contribution in [-0.2, 0) is 4.79 Å². The van der Waals surface area contributed by atoms with Gasteiger partial charge in [0.1, 0.15) is 17.4 Å². The summed E-state index contributed by atoms with van der Waals surface area (Å²) in [7, 11) is 1.67. The fraction of sp³-hybridized carbons (Fsp3) is 0.304. The van der Waals surface area contributed by atoms with Crippen molar-refractivity contribution in [2.24, 2.45) is 0 Å². The van der Waals surface area contributed by atoms with Crippen LogP contribution < -0.4 is 10.6 Å². The molecule has 2 fully saturated rings. The minimum atomic E-state index is -1.62. The quantitative estimate of drug-likeness (QED) is 0.611. The Hall–Kier alpha value is -3.70. The highest BCUT2D eigenvalue weighted by molar-refractivity contribution is 5.96. The number of hydrogen-bond donors (Lipinski definition) is 2. The molecule has 8 nitrogen and oxygen atoms in total. The molecule has 1 aromatic carbocycles. The first-order valence-electron chi connectivity index (χ1n) is 10.2. The van der Waals surface area contributed by atoms with Gasteiger partial charge in [-0.1, -0.05) is 24.0 Å². The number of anilines is 2. The van der Waals surface area contributed by atoms with Gasteiger partial charge in [-0.15, -0.1) is 0 Å². The summed E-state index contributed by atoms with van der Waals surface area (Å²) < 4.78 is 0. The van der Waals surface area contributed by atoms with Gasteiger partial charge in [0.2, 0.25) is 5.60 Å². The Bertz CT molecular complexity index is 1260. The maximum atomic E-state index is 12.2. The van der Waals surface area contributed by atoms with Crippen LogP contribution in [0.15, 0.2) is 36.7 Å². The third kappa shape index (κ3) is 3.33. The summed E-state index contributed by atoms with van der Waals surface area (Å²) in [6.07, 6.45) is 2.91. The van der Waals surface area contributed by atoms with E-state index in [0.717, 1.165) is 42.0 Å². The molecular weight excluding hydrogens is 392 g/mol. The number of amides is 1. The van der Waals surface area contributed by atoms with Gasteiger partial charge in [-0.2, -0.15) is 0 Å². The summed E-state index contributed by atoms with van der Waals surface area (Å²) in [5.41, 5.74) is 9.09. The number of carbonyl (C=O) groups is 1. The van der Waals surface area contributed by atoms with Crippen LogP contribution in [0.4, 0.5) is 11.5 Å². The molecule has 0 saturated carbocycles. The van der Waals surface area contributed by atoms with Gasteiger partial charge in [0.25, 0.3) is 5.91 Å². The van der Waals surface area contributed by atoms with Gasteiger partial charge in [-0.3, -0.25) is 4.79 Å². The predicted octanol–water partition coefficient (Wildman–Crippen LogP) is 1.43. The summed E-state index contributed by atoms with van der Waals surface area (Å²) in [5, 5.41) is 10.5. The summed E-state index contributed by atoms with van der Waals surface area (Å²) in [6, 6.07) is 9.59. The van der Waals surface area contributed by atoms with Gasteiger partial charge >= 0.3 is 0 Å². The lowest BCUT2D eigenvalue weighted by molar-refractivity contribution is -0.137. The smallest absolute Gasteiger partial charge is 0.267 e. The first-order chi connectivity index (χ1) is 14.9. The number of rotatable bonds is 2. The number of carbonyl (C=O) groups excluding carboxylic acids is 1. The fourth-order valence-corrected chi connectivity index (χ4v) is 3.89. The molecule has 1 amide bonds. The van der Waals surface area contributed by atoms with Crippen LogP contribution in [0.1, 0.15) is 18.4 Å². The molecule has 1 unspecified atom stereocenters. The molecule has 2 aliphatic rings. The molecule has 3 N–H and O–H groups in total. The molecular formula is C23H22N6O2. The molecule has 0 spiro atoms. The van der Waals surface area contributed by atoms with E-state index in [1.807, 2.05) is 30.3 Å². The zero-order chi connectivity index (χ0) is 21.6. The second-order valence-electron chi connectivity index (χ2n) is 7.99. The monoisotopic (exact) mass is 414 g/mol. The summed E-state index contributed by atoms with van der Waals surface area (Å²) >= 11 is 0. The van der Waals surface area contributed by atoms with Crippen molar-refractivity contribution in [2.45, 2.75) is 18.4 Å². The third-order valence-electron chi connectivity index (χ3n) is 5.88. The first kappa shape index (κ1) is 19.3. The number of likely N-dealkylation sites (tertiary alicyclic amines) is 1. The number of nitrogens with zero attached hydrogens (tertiary/aromatic N) is 5. The van der Waals surface area contributed by atoms with E-state index in [-0.39, 0.29) is 5.91 Å². The topological polar surface area (TPSA) is 108 Å². The Morgan fingerprint density at radius 1 is 1.16 bits per heavy atom. The molecule has 3 aromatic rings. The van der Waals surface area contributed by atoms with Crippen LogP contribution in [0, 0.1) is 11.8 Å². The van der Waals surface area contributed by atoms with Crippen molar-refractivity contribution in [2.75, 3.05) is 37.3 Å². The Morgan fingerprint density at radius 3 is 2.71 bits per heavy atom. The largest absolute Gasteiger partial charge is 0.382 e. The van der Waals surface area contributed by atoms with Gasteiger partial charge in [0.15, 0.2) is 5.82 Å². The van der Waals surface area contributed by atoms with Crippen molar-refractivity contribution >= 4 is 28.4 Å². The Kier molecular flexibility index (Phi) is 4.49. The number of aromatic nitrogens is 3. The number of nitrogens with two attached hydrogens (primary N) is 1. The molecule has 156 valence electrons. The van der Waals surface area contributed by atoms with Crippen molar-refractivity contribution < 1.29 is 9.90 Å². The minimum absolute atomic E-state index is 0.305. The van der Waals surface area contributed by atoms with E-state index in [0.29, 0.717) is 29.9 Å². The number of likely N-dealkylation sites (N-methyl/N-ethyl adjacent to an activating group) is 1. The number of benzene rings is 1. The molecule has 8 heteroatoms. The van der Waals surface area contributed by atoms with Gasteiger partial charge in [0.05, 0.1) is 11.4 Å². The SMILES string of the molecule is CN1CCC(O)(C#Cc2cccc(-c3cc(N4CCC4)c4ncnc(N)c4n3)c2)C1=O. The zero-order valence-corrected chi connectivity index (χ0v) is 17.2. The van der Waals surface area contributed by atoms with E-state index in [2.05, 4.69) is 26.7 Å². The highest BCUT2D eigenvalue weighted by Crippen LogP contribution is 2.33. The van der Waals surface area contributed by atoms with E-state index in [9.17, 15) is 9.90 Å². The normalized spacial score (nSPS) is 20.5. The summed E-state index contributed by atoms with van der Waals surface area (Å²) in [6.45, 7) is 2.43. The van der Waals surface area contributed by atoms with Crippen molar-refractivity contribution in [3.63, 3.8) is 0 Å². The molecule has 1 atom stereocenters. The molecule has 4 heterocycles. The fourth-order valence-electron chi connectivity index (χ4n) is 3.89. The second kappa shape index (κ2) is 7.22. The zero-order valence-electron chi connectivity index (χ0n) is 17.2. The first-order valence-corrected chi connectivity index (χ1v) is 10.2. The number of pyridine rings is 1. The third-order valence-corrected chi connectivity index (χ3v) is 5.88. The van der Waals surface area contributed by atoms with Gasteiger partial charge in [-0.25, -0.2) is 15.0 Å². The maximum Gasteiger partial charge on any atom is 0.267 e. The highest BCUT2D eigenvalue weighted by atomic mass is 16.3. The lowest BCUT2D eigenvalue weighted by Gasteiger charge is -2.33. The van der Waals surface area contributed by atoms with Crippen molar-refractivity contribution in [3.8, 4) is 23.1 Å². The Balaban J connectivity index is 1.56. The Morgan fingerprint density at radius 2 is 2.00 bits per heavy atom. The van der Waals surface area contributed by atoms with E-state index in [1.54, 1.807) is 7.05 Å². The van der Waals surface area contributed by atoms with Crippen molar-refractivity contribution in [1.29, 1.82) is 0 Å². The average molecular weight is 414 g/mol. The minimum Gasteiger partial charge on any atom is -0.382 e. The van der Waals surface area contributed by atoms with Crippen LogP contribution >= 0.6 is 0 Å². The molecule has 2 aromatic heterocycles. The van der Waals surface area contributed by atoms with E-state index in [4.69, 9.17) is 10.7 Å². The molecule has 0 aliphatic carbocycles. The lowest BCUT2D eigenvalue weighted by atomic mass is 10.0. The Labute approximate surface area is 179 Å². The molecule has 2 aliphatic heterocycles. The number of fused-ring (bicyclic) bond motifs is 1. The lowest BCUT2D eigenvalue weighted by Crippen LogP contribution is -2.37. The van der Waals surface area contributed by atoms with Crippen molar-refractivity contribution in [1.82, 2.24) is 19.9 Å². The number of hydrogen-bond acceptors (Lipinski definition) is 7. The molecule has 0 radical (unpaired) electrons. The standard InChI is InChI=1S/C23H22N6O2/c1-28-11-8-23(31,22(28)30)7-6-15-4-2-5-16(12-15)17-13-18(29-9-3-10-29)19-20(27-17)21(24)26-14-25-19/h2,4-5,12-14,31H,3,8-11H2,1H3,(H2,24,25,26). The summed E-state index contributed by atoms with van der Waals surface area (Å²) in [4.78, 5) is 29.1. The van der Waals surface area contributed by atoms with Gasteiger partial charge in [0, 0.05) is 44.2 Å². The number of nitrogen functional groups attached to an aromatic ring is 1. The highest BCUT2D eigenvalue weighted by Gasteiger charge is 2.42. The molecule has 31 heavy (non-hydrogen) atoms. The van der Waals surface area contributed by atoms with E-state index in [1.165, 1.54) is 11.2 Å². The van der Waals surface area contributed by atoms with Gasteiger partial charge in [-0.05, 0) is 24.6 Å². The van der Waals surface area contributed by atoms with E-state index < -0.39 is 5.60 Å². The van der Waals surface area contributed by atoms with Crippen LogP contribution in [-0.4, -0.2) is 63.1 Å². The van der Waals surface area contributed by atoms with Crippen LogP contribution in [0.3, 0.4) is 0 Å². The van der Waals surface area contributed by atoms with Crippen molar-refractivity contribution in [3.05, 3.63) is 42.2 Å². The predicted molar refractivity (Wildman–Crippen MR) is 118 cm³/mol. The van der Waals surface area contributed by atoms with Crippen LogP contribution in [0.5, 0.6) is 0 Å². The average Bonchev–Trinajstić information content (AvgIpc) is 3.00. The summed E-state index contributed by atoms with van der Waals surface area (Å²) in [5.74, 6) is 5.71. The van der Waals surface area contributed by atoms with Crippen LogP contribution in [0.25, 0.3) is 22.3 Å². The second-order valence-corrected chi connectivity index (χ2v) is 7.99.